The molecule has 0 saturated carbocycles. The van der Waals surface area contributed by atoms with Crippen molar-refractivity contribution in [1.29, 1.82) is 0 Å². The van der Waals surface area contributed by atoms with Crippen molar-refractivity contribution in [2.75, 3.05) is 6.54 Å². The smallest absolute Gasteiger partial charge is 0.335 e. The second-order valence-corrected chi connectivity index (χ2v) is 5.59. The Bertz CT molecular complexity index is 674. The number of carboxylic acids is 1. The number of furan rings is 1. The van der Waals surface area contributed by atoms with Gasteiger partial charge in [0.05, 0.1) is 11.6 Å². The summed E-state index contributed by atoms with van der Waals surface area (Å²) in [6.07, 6.45) is 0.766. The quantitative estimate of drug-likeness (QED) is 0.939. The van der Waals surface area contributed by atoms with Crippen molar-refractivity contribution in [3.63, 3.8) is 0 Å². The zero-order valence-electron chi connectivity index (χ0n) is 12.3. The van der Waals surface area contributed by atoms with Crippen molar-refractivity contribution in [2.45, 2.75) is 32.9 Å². The molecular weight excluding hydrogens is 266 g/mol. The van der Waals surface area contributed by atoms with Gasteiger partial charge in [-0.15, -0.1) is 0 Å². The van der Waals surface area contributed by atoms with Gasteiger partial charge in [0.2, 0.25) is 0 Å². The van der Waals surface area contributed by atoms with Crippen molar-refractivity contribution in [2.24, 2.45) is 0 Å². The number of carboxylic acid groups (broad SMARTS) is 1. The van der Waals surface area contributed by atoms with Crippen molar-refractivity contribution in [1.82, 2.24) is 4.90 Å². The minimum absolute atomic E-state index is 0.195. The standard InChI is InChI=1S/C17H19NO3/c1-11-6-7-16(21-11)12(2)18-9-8-14-13(10-18)4-3-5-15(14)17(19)20/h3-7,12H,8-10H2,1-2H3,(H,19,20). The van der Waals surface area contributed by atoms with Crippen LogP contribution in [0.15, 0.2) is 34.7 Å². The Morgan fingerprint density at radius 2 is 2.14 bits per heavy atom. The van der Waals surface area contributed by atoms with Crippen LogP contribution in [0.1, 0.15) is 46.0 Å². The fourth-order valence-corrected chi connectivity index (χ4v) is 3.02. The van der Waals surface area contributed by atoms with Gasteiger partial charge in [-0.2, -0.15) is 0 Å². The normalized spacial score (nSPS) is 16.5. The third-order valence-electron chi connectivity index (χ3n) is 4.25. The van der Waals surface area contributed by atoms with Gasteiger partial charge in [0.15, 0.2) is 0 Å². The molecule has 1 atom stereocenters. The van der Waals surface area contributed by atoms with E-state index >= 15 is 0 Å². The maximum absolute atomic E-state index is 11.3. The molecule has 1 aliphatic rings. The zero-order chi connectivity index (χ0) is 15.0. The van der Waals surface area contributed by atoms with E-state index in [0.717, 1.165) is 42.2 Å². The van der Waals surface area contributed by atoms with Crippen LogP contribution in [0.25, 0.3) is 0 Å². The Morgan fingerprint density at radius 1 is 1.33 bits per heavy atom. The monoisotopic (exact) mass is 285 g/mol. The number of hydrogen-bond donors (Lipinski definition) is 1. The van der Waals surface area contributed by atoms with E-state index in [2.05, 4.69) is 11.8 Å². The number of carbonyl (C=O) groups is 1. The number of aryl methyl sites for hydroxylation is 1. The molecule has 0 fully saturated rings. The van der Waals surface area contributed by atoms with E-state index in [1.165, 1.54) is 0 Å². The molecule has 1 N–H and O–H groups in total. The molecule has 1 unspecified atom stereocenters. The SMILES string of the molecule is Cc1ccc(C(C)N2CCc3c(cccc3C(=O)O)C2)o1. The maximum atomic E-state index is 11.3. The first-order valence-electron chi connectivity index (χ1n) is 7.20. The largest absolute Gasteiger partial charge is 0.478 e. The molecule has 2 aromatic rings. The lowest BCUT2D eigenvalue weighted by Gasteiger charge is -2.33. The van der Waals surface area contributed by atoms with Crippen molar-refractivity contribution in [3.05, 3.63) is 58.5 Å². The summed E-state index contributed by atoms with van der Waals surface area (Å²) in [7, 11) is 0. The molecule has 2 heterocycles. The molecule has 3 rings (SSSR count). The number of nitrogens with zero attached hydrogens (tertiary/aromatic N) is 1. The molecule has 21 heavy (non-hydrogen) atoms. The summed E-state index contributed by atoms with van der Waals surface area (Å²) in [5.41, 5.74) is 2.52. The van der Waals surface area contributed by atoms with Gasteiger partial charge >= 0.3 is 5.97 Å². The van der Waals surface area contributed by atoms with Gasteiger partial charge in [-0.05, 0) is 49.6 Å². The average molecular weight is 285 g/mol. The number of rotatable bonds is 3. The lowest BCUT2D eigenvalue weighted by atomic mass is 9.93. The van der Waals surface area contributed by atoms with Crippen LogP contribution in [0.4, 0.5) is 0 Å². The van der Waals surface area contributed by atoms with E-state index < -0.39 is 5.97 Å². The molecule has 0 aliphatic carbocycles. The highest BCUT2D eigenvalue weighted by molar-refractivity contribution is 5.89. The number of fused-ring (bicyclic) bond motifs is 1. The second kappa shape index (κ2) is 5.37. The van der Waals surface area contributed by atoms with E-state index in [1.54, 1.807) is 6.07 Å². The number of hydrogen-bond acceptors (Lipinski definition) is 3. The molecule has 1 aliphatic heterocycles. The summed E-state index contributed by atoms with van der Waals surface area (Å²) in [4.78, 5) is 13.6. The van der Waals surface area contributed by atoms with E-state index in [-0.39, 0.29) is 6.04 Å². The Morgan fingerprint density at radius 3 is 2.81 bits per heavy atom. The first kappa shape index (κ1) is 13.9. The molecule has 0 amide bonds. The van der Waals surface area contributed by atoms with Crippen LogP contribution in [0.3, 0.4) is 0 Å². The fourth-order valence-electron chi connectivity index (χ4n) is 3.02. The van der Waals surface area contributed by atoms with Gasteiger partial charge in [0.1, 0.15) is 11.5 Å². The summed E-state index contributed by atoms with van der Waals surface area (Å²) in [5, 5.41) is 9.27. The summed E-state index contributed by atoms with van der Waals surface area (Å²) in [6.45, 7) is 5.68. The minimum Gasteiger partial charge on any atom is -0.478 e. The highest BCUT2D eigenvalue weighted by Gasteiger charge is 2.25. The third kappa shape index (κ3) is 2.59. The lowest BCUT2D eigenvalue weighted by Crippen LogP contribution is -2.33. The highest BCUT2D eigenvalue weighted by atomic mass is 16.4. The van der Waals surface area contributed by atoms with Gasteiger partial charge in [-0.25, -0.2) is 4.79 Å². The van der Waals surface area contributed by atoms with E-state index in [9.17, 15) is 9.90 Å². The topological polar surface area (TPSA) is 53.7 Å². The predicted molar refractivity (Wildman–Crippen MR) is 79.4 cm³/mol. The van der Waals surface area contributed by atoms with Gasteiger partial charge in [-0.1, -0.05) is 12.1 Å². The third-order valence-corrected chi connectivity index (χ3v) is 4.25. The molecule has 4 heteroatoms. The molecule has 1 aromatic carbocycles. The molecule has 0 spiro atoms. The Labute approximate surface area is 124 Å². The summed E-state index contributed by atoms with van der Waals surface area (Å²) in [5.74, 6) is 1.04. The molecule has 0 radical (unpaired) electrons. The van der Waals surface area contributed by atoms with Crippen molar-refractivity contribution in [3.8, 4) is 0 Å². The zero-order valence-corrected chi connectivity index (χ0v) is 12.3. The number of benzene rings is 1. The van der Waals surface area contributed by atoms with E-state index in [1.807, 2.05) is 31.2 Å². The first-order valence-corrected chi connectivity index (χ1v) is 7.20. The molecule has 110 valence electrons. The van der Waals surface area contributed by atoms with Crippen LogP contribution in [0.2, 0.25) is 0 Å². The lowest BCUT2D eigenvalue weighted by molar-refractivity contribution is 0.0694. The van der Waals surface area contributed by atoms with Crippen LogP contribution in [0.5, 0.6) is 0 Å². The number of aromatic carboxylic acids is 1. The minimum atomic E-state index is -0.838. The van der Waals surface area contributed by atoms with Crippen LogP contribution in [-0.4, -0.2) is 22.5 Å². The summed E-state index contributed by atoms with van der Waals surface area (Å²) >= 11 is 0. The molecule has 0 saturated heterocycles. The van der Waals surface area contributed by atoms with E-state index in [0.29, 0.717) is 5.56 Å². The van der Waals surface area contributed by atoms with Gasteiger partial charge in [0, 0.05) is 13.1 Å². The van der Waals surface area contributed by atoms with Crippen LogP contribution < -0.4 is 0 Å². The fraction of sp³-hybridized carbons (Fsp3) is 0.353. The Kier molecular flexibility index (Phi) is 3.55. The van der Waals surface area contributed by atoms with Crippen molar-refractivity contribution >= 4 is 5.97 Å². The Balaban J connectivity index is 1.85. The maximum Gasteiger partial charge on any atom is 0.335 e. The highest BCUT2D eigenvalue weighted by Crippen LogP contribution is 2.29. The molecule has 0 bridgehead atoms. The molecular formula is C17H19NO3. The first-order chi connectivity index (χ1) is 10.1. The second-order valence-electron chi connectivity index (χ2n) is 5.59. The van der Waals surface area contributed by atoms with Gasteiger partial charge in [0.25, 0.3) is 0 Å². The van der Waals surface area contributed by atoms with Crippen LogP contribution >= 0.6 is 0 Å². The van der Waals surface area contributed by atoms with Crippen LogP contribution in [-0.2, 0) is 13.0 Å². The van der Waals surface area contributed by atoms with Gasteiger partial charge < -0.3 is 9.52 Å². The van der Waals surface area contributed by atoms with Crippen LogP contribution in [0, 0.1) is 6.92 Å². The van der Waals surface area contributed by atoms with Crippen molar-refractivity contribution < 1.29 is 14.3 Å². The summed E-state index contributed by atoms with van der Waals surface area (Å²) in [6, 6.07) is 9.73. The predicted octanol–water partition coefficient (Wildman–Crippen LogP) is 3.41. The average Bonchev–Trinajstić information content (AvgIpc) is 2.91. The van der Waals surface area contributed by atoms with E-state index in [4.69, 9.17) is 4.42 Å². The molecule has 4 nitrogen and oxygen atoms in total. The Hall–Kier alpha value is -2.07. The summed E-state index contributed by atoms with van der Waals surface area (Å²) < 4.78 is 5.71. The molecule has 1 aromatic heterocycles. The van der Waals surface area contributed by atoms with Gasteiger partial charge in [-0.3, -0.25) is 4.90 Å².